The number of sulfonamides is 1. The van der Waals surface area contributed by atoms with E-state index in [0.29, 0.717) is 6.54 Å². The molecule has 0 unspecified atom stereocenters. The van der Waals surface area contributed by atoms with Gasteiger partial charge in [0.2, 0.25) is 21.8 Å². The molecule has 7 nitrogen and oxygen atoms in total. The lowest BCUT2D eigenvalue weighted by Gasteiger charge is -2.30. The first kappa shape index (κ1) is 23.5. The summed E-state index contributed by atoms with van der Waals surface area (Å²) in [5.41, 5.74) is 2.89. The van der Waals surface area contributed by atoms with Gasteiger partial charge in [-0.1, -0.05) is 30.3 Å². The Hall–Kier alpha value is -3.18. The third kappa shape index (κ3) is 5.00. The molecule has 0 radical (unpaired) electrons. The Balaban J connectivity index is 1.79. The van der Waals surface area contributed by atoms with E-state index >= 15 is 0 Å². The molecule has 0 spiro atoms. The van der Waals surface area contributed by atoms with Gasteiger partial charge >= 0.3 is 0 Å². The summed E-state index contributed by atoms with van der Waals surface area (Å²) in [7, 11) is -3.94. The molecule has 168 valence electrons. The second-order valence-corrected chi connectivity index (χ2v) is 10.4. The van der Waals surface area contributed by atoms with Gasteiger partial charge in [0.05, 0.1) is 23.4 Å². The van der Waals surface area contributed by atoms with Gasteiger partial charge in [-0.3, -0.25) is 9.59 Å². The van der Waals surface area contributed by atoms with Crippen molar-refractivity contribution in [1.29, 1.82) is 5.26 Å². The average Bonchev–Trinajstić information content (AvgIpc) is 2.78. The Kier molecular flexibility index (Phi) is 7.31. The minimum Gasteiger partial charge on any atom is -0.312 e. The van der Waals surface area contributed by atoms with Crippen LogP contribution in [0.3, 0.4) is 0 Å². The van der Waals surface area contributed by atoms with E-state index in [1.165, 1.54) is 26.0 Å². The number of hydrogen-bond acceptors (Lipinski definition) is 5. The summed E-state index contributed by atoms with van der Waals surface area (Å²) in [6.45, 7) is 3.60. The first-order chi connectivity index (χ1) is 15.3. The fraction of sp³-hybridized carbons (Fsp3) is 0.375. The van der Waals surface area contributed by atoms with Gasteiger partial charge in [-0.05, 0) is 56.0 Å². The molecule has 0 aliphatic carbocycles. The number of carbonyl (C=O) groups is 2. The predicted molar refractivity (Wildman–Crippen MR) is 124 cm³/mol. The molecular formula is C24H27N3O4S. The van der Waals surface area contributed by atoms with Crippen molar-refractivity contribution >= 4 is 33.2 Å². The van der Waals surface area contributed by atoms with Crippen molar-refractivity contribution in [2.24, 2.45) is 0 Å². The van der Waals surface area contributed by atoms with E-state index in [1.54, 1.807) is 17.0 Å². The topological polar surface area (TPSA) is 98.6 Å². The lowest BCUT2D eigenvalue weighted by molar-refractivity contribution is -0.123. The van der Waals surface area contributed by atoms with E-state index in [0.717, 1.165) is 34.0 Å². The number of para-hydroxylation sites is 1. The minimum absolute atomic E-state index is 0.0796. The van der Waals surface area contributed by atoms with Crippen molar-refractivity contribution < 1.29 is 18.0 Å². The fourth-order valence-corrected chi connectivity index (χ4v) is 4.94. The van der Waals surface area contributed by atoms with E-state index in [1.807, 2.05) is 30.3 Å². The summed E-state index contributed by atoms with van der Waals surface area (Å²) in [4.78, 5) is 27.6. The molecule has 2 amide bonds. The molecule has 3 rings (SSSR count). The van der Waals surface area contributed by atoms with Crippen LogP contribution in [0.25, 0.3) is 0 Å². The molecule has 0 N–H and O–H groups in total. The van der Waals surface area contributed by atoms with Gasteiger partial charge in [0, 0.05) is 25.1 Å². The van der Waals surface area contributed by atoms with Gasteiger partial charge < -0.3 is 4.90 Å². The molecule has 1 heterocycles. The Labute approximate surface area is 189 Å². The highest BCUT2D eigenvalue weighted by molar-refractivity contribution is 7.94. The van der Waals surface area contributed by atoms with Crippen molar-refractivity contribution in [3.05, 3.63) is 59.7 Å². The minimum atomic E-state index is -3.94. The van der Waals surface area contributed by atoms with Crippen LogP contribution in [0.5, 0.6) is 0 Å². The smallest absolute Gasteiger partial charge is 0.244 e. The molecule has 0 saturated carbocycles. The van der Waals surface area contributed by atoms with Crippen LogP contribution in [0.1, 0.15) is 44.2 Å². The zero-order valence-corrected chi connectivity index (χ0v) is 19.1. The van der Waals surface area contributed by atoms with E-state index in [9.17, 15) is 18.0 Å². The Bertz CT molecular complexity index is 1130. The highest BCUT2D eigenvalue weighted by Crippen LogP contribution is 2.28. The SMILES string of the molecule is CC(C)S(=O)(=O)N(C(=O)CCC(=O)N1CCCc2ccccc21)c1ccc(CC#N)cc1. The summed E-state index contributed by atoms with van der Waals surface area (Å²) in [6, 6.07) is 16.0. The third-order valence-electron chi connectivity index (χ3n) is 5.49. The fourth-order valence-electron chi connectivity index (χ4n) is 3.73. The highest BCUT2D eigenvalue weighted by Gasteiger charge is 2.32. The Morgan fingerprint density at radius 3 is 2.44 bits per heavy atom. The van der Waals surface area contributed by atoms with Crippen LogP contribution < -0.4 is 9.21 Å². The lowest BCUT2D eigenvalue weighted by Crippen LogP contribution is -2.42. The molecule has 1 aliphatic rings. The lowest BCUT2D eigenvalue weighted by atomic mass is 10.0. The number of fused-ring (bicyclic) bond motifs is 1. The maximum absolute atomic E-state index is 13.1. The number of anilines is 2. The second-order valence-electron chi connectivity index (χ2n) is 8.03. The van der Waals surface area contributed by atoms with Crippen molar-refractivity contribution in [1.82, 2.24) is 0 Å². The molecule has 0 fully saturated rings. The number of rotatable bonds is 7. The third-order valence-corrected chi connectivity index (χ3v) is 7.61. The highest BCUT2D eigenvalue weighted by atomic mass is 32.2. The standard InChI is InChI=1S/C24H27N3O4S/c1-18(2)32(30,31)27(21-11-9-19(10-12-21)15-16-25)24(29)14-13-23(28)26-17-5-7-20-6-3-4-8-22(20)26/h3-4,6,8-12,18H,5,7,13-15,17H2,1-2H3. The second kappa shape index (κ2) is 9.96. The maximum Gasteiger partial charge on any atom is 0.244 e. The molecule has 0 aromatic heterocycles. The number of nitriles is 1. The molecule has 32 heavy (non-hydrogen) atoms. The van der Waals surface area contributed by atoms with E-state index in [-0.39, 0.29) is 30.9 Å². The first-order valence-electron chi connectivity index (χ1n) is 10.7. The molecule has 8 heteroatoms. The van der Waals surface area contributed by atoms with Gasteiger partial charge in [-0.15, -0.1) is 0 Å². The van der Waals surface area contributed by atoms with Crippen LogP contribution >= 0.6 is 0 Å². The number of amides is 2. The molecule has 0 saturated heterocycles. The van der Waals surface area contributed by atoms with Crippen LogP contribution in [0.4, 0.5) is 11.4 Å². The molecular weight excluding hydrogens is 426 g/mol. The summed E-state index contributed by atoms with van der Waals surface area (Å²) >= 11 is 0. The van der Waals surface area contributed by atoms with Crippen LogP contribution in [-0.4, -0.2) is 32.0 Å². The Morgan fingerprint density at radius 2 is 1.78 bits per heavy atom. The van der Waals surface area contributed by atoms with E-state index in [4.69, 9.17) is 5.26 Å². The molecule has 2 aromatic rings. The van der Waals surface area contributed by atoms with Gasteiger partial charge in [-0.2, -0.15) is 5.26 Å². The normalized spacial score (nSPS) is 13.4. The number of hydrogen-bond donors (Lipinski definition) is 0. The summed E-state index contributed by atoms with van der Waals surface area (Å²) < 4.78 is 26.7. The number of carbonyl (C=O) groups excluding carboxylic acids is 2. The molecule has 1 aliphatic heterocycles. The van der Waals surface area contributed by atoms with Gasteiger partial charge in [0.15, 0.2) is 0 Å². The molecule has 0 atom stereocenters. The zero-order chi connectivity index (χ0) is 23.3. The molecule has 0 bridgehead atoms. The number of nitrogens with zero attached hydrogens (tertiary/aromatic N) is 3. The average molecular weight is 454 g/mol. The monoisotopic (exact) mass is 453 g/mol. The molecule has 2 aromatic carbocycles. The van der Waals surface area contributed by atoms with Crippen molar-refractivity contribution in [2.45, 2.75) is 51.2 Å². The van der Waals surface area contributed by atoms with Crippen molar-refractivity contribution in [3.8, 4) is 6.07 Å². The van der Waals surface area contributed by atoms with Gasteiger partial charge in [-0.25, -0.2) is 12.7 Å². The number of aryl methyl sites for hydroxylation is 1. The van der Waals surface area contributed by atoms with Gasteiger partial charge in [0.25, 0.3) is 0 Å². The summed E-state index contributed by atoms with van der Waals surface area (Å²) in [5.74, 6) is -0.845. The summed E-state index contributed by atoms with van der Waals surface area (Å²) in [6.07, 6.45) is 1.64. The zero-order valence-electron chi connectivity index (χ0n) is 18.3. The summed E-state index contributed by atoms with van der Waals surface area (Å²) in [5, 5.41) is 8.02. The van der Waals surface area contributed by atoms with Crippen LogP contribution in [0.2, 0.25) is 0 Å². The largest absolute Gasteiger partial charge is 0.312 e. The van der Waals surface area contributed by atoms with Crippen LogP contribution in [-0.2, 0) is 32.5 Å². The van der Waals surface area contributed by atoms with Crippen molar-refractivity contribution in [3.63, 3.8) is 0 Å². The van der Waals surface area contributed by atoms with Crippen LogP contribution in [0.15, 0.2) is 48.5 Å². The first-order valence-corrected chi connectivity index (χ1v) is 12.2. The maximum atomic E-state index is 13.1. The predicted octanol–water partition coefficient (Wildman–Crippen LogP) is 3.58. The van der Waals surface area contributed by atoms with Gasteiger partial charge in [0.1, 0.15) is 0 Å². The Morgan fingerprint density at radius 1 is 1.09 bits per heavy atom. The van der Waals surface area contributed by atoms with Crippen molar-refractivity contribution in [2.75, 3.05) is 15.7 Å². The van der Waals surface area contributed by atoms with E-state index in [2.05, 4.69) is 0 Å². The van der Waals surface area contributed by atoms with Crippen LogP contribution in [0, 0.1) is 11.3 Å². The quantitative estimate of drug-likeness (QED) is 0.638. The number of benzene rings is 2. The van der Waals surface area contributed by atoms with E-state index < -0.39 is 21.2 Å².